The van der Waals surface area contributed by atoms with Crippen LogP contribution in [0.1, 0.15) is 32.0 Å². The number of halogens is 6. The van der Waals surface area contributed by atoms with Crippen molar-refractivity contribution in [2.45, 2.75) is 25.6 Å². The van der Waals surface area contributed by atoms with Crippen molar-refractivity contribution in [3.05, 3.63) is 71.0 Å². The highest BCUT2D eigenvalue weighted by atomic mass is 19.4. The summed E-state index contributed by atoms with van der Waals surface area (Å²) in [4.78, 5) is 28.1. The van der Waals surface area contributed by atoms with Crippen molar-refractivity contribution in [3.63, 3.8) is 0 Å². The van der Waals surface area contributed by atoms with Crippen LogP contribution in [0, 0.1) is 6.92 Å². The Balaban J connectivity index is 2.11. The van der Waals surface area contributed by atoms with Crippen LogP contribution >= 0.6 is 0 Å². The zero-order valence-electron chi connectivity index (χ0n) is 19.8. The average molecular weight is 577 g/mol. The molecule has 0 saturated heterocycles. The molecule has 2 amide bonds. The van der Waals surface area contributed by atoms with Crippen LogP contribution in [0.15, 0.2) is 48.7 Å². The number of alkyl halides is 6. The topological polar surface area (TPSA) is 173 Å². The number of aliphatic hydroxyl groups is 3. The first-order chi connectivity index (χ1) is 18.3. The van der Waals surface area contributed by atoms with E-state index in [0.29, 0.717) is 24.3 Å². The number of pyridine rings is 1. The Morgan fingerprint density at radius 2 is 1.60 bits per heavy atom. The maximum Gasteiger partial charge on any atom is 0.573 e. The molecule has 11 nitrogen and oxygen atoms in total. The molecule has 0 radical (unpaired) electrons. The van der Waals surface area contributed by atoms with Crippen LogP contribution in [0.3, 0.4) is 0 Å². The van der Waals surface area contributed by atoms with E-state index in [1.165, 1.54) is 6.07 Å². The zero-order valence-corrected chi connectivity index (χ0v) is 19.8. The van der Waals surface area contributed by atoms with Gasteiger partial charge in [0.15, 0.2) is 11.5 Å². The smallest absolute Gasteiger partial charge is 0.452 e. The standard InChI is InChI=1S/C23H17F6N3O8/c1-10-6-11(21(24,25)26)7-14(20(34)32-12-4-5-31-15(8-12)19(30)33)18(10)38-16-3-2-13(39-22(27,28)29)9-17(16)40-23(35,36)37/h2-9,35-37H,1H3,(H2,30,33)(H,31,32,34). The molecule has 3 aromatic rings. The van der Waals surface area contributed by atoms with E-state index in [0.717, 1.165) is 25.3 Å². The number of hydrogen-bond donors (Lipinski definition) is 5. The molecule has 0 bridgehead atoms. The normalized spacial score (nSPS) is 12.1. The Hall–Kier alpha value is -4.61. The number of amides is 2. The minimum atomic E-state index is -5.19. The predicted octanol–water partition coefficient (Wildman–Crippen LogP) is 3.42. The second kappa shape index (κ2) is 10.9. The summed E-state index contributed by atoms with van der Waals surface area (Å²) < 4.78 is 92.0. The van der Waals surface area contributed by atoms with Gasteiger partial charge in [0.2, 0.25) is 0 Å². The minimum Gasteiger partial charge on any atom is -0.452 e. The lowest BCUT2D eigenvalue weighted by atomic mass is 10.0. The number of primary amides is 1. The number of aromatic nitrogens is 1. The van der Waals surface area contributed by atoms with Gasteiger partial charge in [-0.25, -0.2) is 0 Å². The van der Waals surface area contributed by atoms with E-state index < -0.39 is 64.6 Å². The summed E-state index contributed by atoms with van der Waals surface area (Å²) in [7, 11) is 0. The largest absolute Gasteiger partial charge is 0.573 e. The van der Waals surface area contributed by atoms with E-state index in [1.54, 1.807) is 0 Å². The maximum atomic E-state index is 13.5. The lowest BCUT2D eigenvalue weighted by Gasteiger charge is -2.21. The molecule has 0 atom stereocenters. The van der Waals surface area contributed by atoms with Gasteiger partial charge in [0.05, 0.1) is 11.1 Å². The molecule has 2 aromatic carbocycles. The van der Waals surface area contributed by atoms with E-state index in [-0.39, 0.29) is 16.9 Å². The molecule has 3 rings (SSSR count). The second-order valence-corrected chi connectivity index (χ2v) is 7.85. The van der Waals surface area contributed by atoms with Crippen LogP contribution in [0.2, 0.25) is 0 Å². The number of benzene rings is 2. The molecule has 6 N–H and O–H groups in total. The molecule has 0 aliphatic heterocycles. The number of ether oxygens (including phenoxy) is 3. The summed E-state index contributed by atoms with van der Waals surface area (Å²) in [6, 6.07) is 5.05. The van der Waals surface area contributed by atoms with E-state index >= 15 is 0 Å². The monoisotopic (exact) mass is 577 g/mol. The van der Waals surface area contributed by atoms with Gasteiger partial charge in [0.1, 0.15) is 17.2 Å². The van der Waals surface area contributed by atoms with Crippen molar-refractivity contribution in [2.75, 3.05) is 5.32 Å². The van der Waals surface area contributed by atoms with Gasteiger partial charge in [-0.05, 0) is 48.9 Å². The first-order valence-corrected chi connectivity index (χ1v) is 10.6. The third kappa shape index (κ3) is 7.95. The average Bonchev–Trinajstić information content (AvgIpc) is 2.79. The van der Waals surface area contributed by atoms with Crippen molar-refractivity contribution < 1.29 is 65.5 Å². The number of anilines is 1. The van der Waals surface area contributed by atoms with Gasteiger partial charge in [0.25, 0.3) is 11.8 Å². The molecule has 0 saturated carbocycles. The first kappa shape index (κ1) is 29.9. The fourth-order valence-corrected chi connectivity index (χ4v) is 3.19. The molecule has 0 aliphatic rings. The van der Waals surface area contributed by atoms with Gasteiger partial charge < -0.3 is 40.6 Å². The summed E-state index contributed by atoms with van der Waals surface area (Å²) in [6.07, 6.45) is -13.0. The first-order valence-electron chi connectivity index (χ1n) is 10.6. The molecule has 0 spiro atoms. The number of carbonyl (C=O) groups is 2. The second-order valence-electron chi connectivity index (χ2n) is 7.85. The number of aryl methyl sites for hydroxylation is 1. The number of rotatable bonds is 8. The summed E-state index contributed by atoms with van der Waals surface area (Å²) in [6.45, 7) is 1.11. The molecule has 1 aromatic heterocycles. The highest BCUT2D eigenvalue weighted by molar-refractivity contribution is 6.07. The van der Waals surface area contributed by atoms with E-state index in [1.807, 2.05) is 0 Å². The van der Waals surface area contributed by atoms with Crippen LogP contribution in [0.5, 0.6) is 23.0 Å². The van der Waals surface area contributed by atoms with E-state index in [2.05, 4.69) is 19.8 Å². The predicted molar refractivity (Wildman–Crippen MR) is 120 cm³/mol. The summed E-state index contributed by atoms with van der Waals surface area (Å²) in [5, 5.41) is 29.8. The summed E-state index contributed by atoms with van der Waals surface area (Å²) in [5.74, 6) is -5.39. The van der Waals surface area contributed by atoms with Crippen LogP contribution in [-0.4, -0.2) is 44.6 Å². The Kier molecular flexibility index (Phi) is 8.14. The zero-order chi connectivity index (χ0) is 30.0. The number of hydrogen-bond acceptors (Lipinski definition) is 9. The third-order valence-electron chi connectivity index (χ3n) is 4.72. The molecular weight excluding hydrogens is 560 g/mol. The van der Waals surface area contributed by atoms with Gasteiger partial charge in [-0.15, -0.1) is 13.2 Å². The molecule has 0 fully saturated rings. The molecule has 1 heterocycles. The van der Waals surface area contributed by atoms with E-state index in [9.17, 15) is 51.3 Å². The maximum absolute atomic E-state index is 13.5. The van der Waals surface area contributed by atoms with Crippen molar-refractivity contribution in [3.8, 4) is 23.0 Å². The Bertz CT molecular complexity index is 1440. The number of nitrogens with two attached hydrogens (primary N) is 1. The van der Waals surface area contributed by atoms with Gasteiger partial charge in [-0.1, -0.05) is 0 Å². The Morgan fingerprint density at radius 3 is 2.17 bits per heavy atom. The number of nitrogens with one attached hydrogen (secondary N) is 1. The van der Waals surface area contributed by atoms with Crippen molar-refractivity contribution in [1.29, 1.82) is 0 Å². The van der Waals surface area contributed by atoms with E-state index in [4.69, 9.17) is 10.5 Å². The van der Waals surface area contributed by atoms with Crippen LogP contribution in [0.25, 0.3) is 0 Å². The molecular formula is C23H17F6N3O8. The van der Waals surface area contributed by atoms with Gasteiger partial charge in [0, 0.05) is 18.0 Å². The fourth-order valence-electron chi connectivity index (χ4n) is 3.19. The number of carbonyl (C=O) groups excluding carboxylic acids is 2. The molecule has 0 aliphatic carbocycles. The molecule has 40 heavy (non-hydrogen) atoms. The lowest BCUT2D eigenvalue weighted by Crippen LogP contribution is -2.34. The van der Waals surface area contributed by atoms with Crippen molar-refractivity contribution in [2.24, 2.45) is 5.73 Å². The number of nitrogens with zero attached hydrogens (tertiary/aromatic N) is 1. The lowest BCUT2D eigenvalue weighted by molar-refractivity contribution is -0.419. The Morgan fingerprint density at radius 1 is 0.925 bits per heavy atom. The van der Waals surface area contributed by atoms with Crippen molar-refractivity contribution in [1.82, 2.24) is 4.98 Å². The summed E-state index contributed by atoms with van der Waals surface area (Å²) in [5.41, 5.74) is 2.41. The molecule has 0 unspecified atom stereocenters. The van der Waals surface area contributed by atoms with Gasteiger partial charge >= 0.3 is 18.7 Å². The molecule has 214 valence electrons. The highest BCUT2D eigenvalue weighted by Gasteiger charge is 2.35. The van der Waals surface area contributed by atoms with Crippen LogP contribution < -0.4 is 25.3 Å². The minimum absolute atomic E-state index is 0.0990. The Labute approximate surface area is 219 Å². The highest BCUT2D eigenvalue weighted by Crippen LogP contribution is 2.41. The van der Waals surface area contributed by atoms with Gasteiger partial charge in [-0.2, -0.15) is 13.2 Å². The SMILES string of the molecule is Cc1cc(C(F)(F)F)cc(C(=O)Nc2ccnc(C(N)=O)c2)c1Oc1ccc(OC(F)(F)F)cc1OC(O)(O)O. The third-order valence-corrected chi connectivity index (χ3v) is 4.72. The quantitative estimate of drug-likeness (QED) is 0.199. The van der Waals surface area contributed by atoms with Crippen LogP contribution in [0.4, 0.5) is 32.0 Å². The van der Waals surface area contributed by atoms with Gasteiger partial charge in [-0.3, -0.25) is 14.6 Å². The van der Waals surface area contributed by atoms with Crippen LogP contribution in [-0.2, 0) is 6.18 Å². The fraction of sp³-hybridized carbons (Fsp3) is 0.174. The summed E-state index contributed by atoms with van der Waals surface area (Å²) >= 11 is 0. The van der Waals surface area contributed by atoms with Crippen molar-refractivity contribution >= 4 is 17.5 Å². The molecule has 17 heteroatoms.